The van der Waals surface area contributed by atoms with Gasteiger partial charge in [-0.1, -0.05) is 18.5 Å². The second-order valence-electron chi connectivity index (χ2n) is 10.9. The van der Waals surface area contributed by atoms with Crippen LogP contribution in [-0.2, 0) is 14.6 Å². The van der Waals surface area contributed by atoms with E-state index in [-0.39, 0.29) is 70.1 Å². The Labute approximate surface area is 224 Å². The van der Waals surface area contributed by atoms with Crippen LogP contribution in [0.15, 0.2) is 41.3 Å². The van der Waals surface area contributed by atoms with Crippen molar-refractivity contribution in [2.24, 2.45) is 23.7 Å². The van der Waals surface area contributed by atoms with Crippen molar-refractivity contribution in [2.75, 3.05) is 11.9 Å². The summed E-state index contributed by atoms with van der Waals surface area (Å²) in [5, 5.41) is 16.0. The van der Waals surface area contributed by atoms with Crippen molar-refractivity contribution < 1.29 is 31.9 Å². The Morgan fingerprint density at radius 2 is 1.82 bits per heavy atom. The average Bonchev–Trinajstić information content (AvgIpc) is 3.70. The molecule has 0 spiro atoms. The van der Waals surface area contributed by atoms with Gasteiger partial charge in [0.1, 0.15) is 0 Å². The Balaban J connectivity index is 1.35. The third-order valence-corrected chi connectivity index (χ3v) is 11.0. The van der Waals surface area contributed by atoms with Crippen molar-refractivity contribution in [1.29, 1.82) is 0 Å². The summed E-state index contributed by atoms with van der Waals surface area (Å²) in [6.07, 6.45) is 2.77. The number of rotatable bonds is 7. The minimum absolute atomic E-state index is 0.0100. The topological polar surface area (TPSA) is 113 Å². The van der Waals surface area contributed by atoms with E-state index in [1.165, 1.54) is 24.3 Å². The molecule has 0 heterocycles. The summed E-state index contributed by atoms with van der Waals surface area (Å²) in [5.41, 5.74) is -1.17. The lowest BCUT2D eigenvalue weighted by Gasteiger charge is -2.43. The molecule has 7 nitrogen and oxygen atoms in total. The van der Waals surface area contributed by atoms with Gasteiger partial charge in [0.25, 0.3) is 5.91 Å². The predicted molar refractivity (Wildman–Crippen MR) is 137 cm³/mol. The van der Waals surface area contributed by atoms with Gasteiger partial charge in [-0.3, -0.25) is 9.59 Å². The summed E-state index contributed by atoms with van der Waals surface area (Å²) < 4.78 is 54.3. The number of hydrogen-bond acceptors (Lipinski definition) is 5. The van der Waals surface area contributed by atoms with E-state index in [9.17, 15) is 31.9 Å². The zero-order chi connectivity index (χ0) is 27.4. The lowest BCUT2D eigenvalue weighted by atomic mass is 9.73. The van der Waals surface area contributed by atoms with Crippen LogP contribution in [0.1, 0.15) is 49.4 Å². The number of fused-ring (bicyclic) bond motifs is 2. The normalized spacial score (nSPS) is 28.7. The van der Waals surface area contributed by atoms with Crippen LogP contribution in [0.3, 0.4) is 0 Å². The van der Waals surface area contributed by atoms with Crippen LogP contribution in [0.25, 0.3) is 0 Å². The van der Waals surface area contributed by atoms with Gasteiger partial charge in [0.05, 0.1) is 20.8 Å². The standard InChI is InChI=1S/C27H29ClF2N2O5S/c1-14-8-17-10-19(12-20(14)27(17,35)13-31-25(33)15-2-3-15)38(36,37)24-9-16(4-6-21(24)28)26(34)32-18-5-7-22(29)23(30)11-18/h4-7,9,11,14-15,17,19-20,35H,2-3,8,10,12-13H2,1H3,(H,31,33)(H,32,34)/t14-,17?,19?,20?,27+/m0/s1. The van der Waals surface area contributed by atoms with Crippen LogP contribution in [0.4, 0.5) is 14.5 Å². The molecule has 38 heavy (non-hydrogen) atoms. The molecular formula is C27H29ClF2N2O5S. The Bertz CT molecular complexity index is 1400. The van der Waals surface area contributed by atoms with Gasteiger partial charge in [0.2, 0.25) is 5.91 Å². The summed E-state index contributed by atoms with van der Waals surface area (Å²) in [6.45, 7) is 2.10. The molecular weight excluding hydrogens is 538 g/mol. The number of sulfone groups is 1. The molecule has 3 N–H and O–H groups in total. The van der Waals surface area contributed by atoms with Crippen molar-refractivity contribution in [3.63, 3.8) is 0 Å². The van der Waals surface area contributed by atoms with Crippen LogP contribution < -0.4 is 10.6 Å². The third-order valence-electron chi connectivity index (χ3n) is 8.37. The second kappa shape index (κ2) is 9.88. The van der Waals surface area contributed by atoms with E-state index < -0.39 is 38.2 Å². The van der Waals surface area contributed by atoms with E-state index in [0.717, 1.165) is 25.0 Å². The first kappa shape index (κ1) is 27.0. The molecule has 3 unspecified atom stereocenters. The summed E-state index contributed by atoms with van der Waals surface area (Å²) in [4.78, 5) is 24.8. The van der Waals surface area contributed by atoms with Gasteiger partial charge in [0.15, 0.2) is 21.5 Å². The third kappa shape index (κ3) is 4.94. The molecule has 204 valence electrons. The summed E-state index contributed by atoms with van der Waals surface area (Å²) >= 11 is 6.30. The van der Waals surface area contributed by atoms with E-state index >= 15 is 0 Å². The fraction of sp³-hybridized carbons (Fsp3) is 0.481. The maximum absolute atomic E-state index is 13.8. The zero-order valence-corrected chi connectivity index (χ0v) is 22.3. The largest absolute Gasteiger partial charge is 0.387 e. The highest BCUT2D eigenvalue weighted by Crippen LogP contribution is 2.54. The molecule has 0 radical (unpaired) electrons. The first-order chi connectivity index (χ1) is 17.9. The van der Waals surface area contributed by atoms with Crippen LogP contribution in [0, 0.1) is 35.3 Å². The smallest absolute Gasteiger partial charge is 0.255 e. The first-order valence-corrected chi connectivity index (χ1v) is 14.6. The van der Waals surface area contributed by atoms with Crippen LogP contribution in [0.5, 0.6) is 0 Å². The fourth-order valence-electron chi connectivity index (χ4n) is 6.11. The number of aliphatic hydroxyl groups is 1. The van der Waals surface area contributed by atoms with Gasteiger partial charge in [-0.05, 0) is 80.2 Å². The number of amides is 2. The van der Waals surface area contributed by atoms with Crippen LogP contribution in [-0.4, -0.2) is 42.7 Å². The van der Waals surface area contributed by atoms with Crippen molar-refractivity contribution >= 4 is 38.9 Å². The van der Waals surface area contributed by atoms with Gasteiger partial charge >= 0.3 is 0 Å². The summed E-state index contributed by atoms with van der Waals surface area (Å²) in [6, 6.07) is 6.75. The molecule has 0 saturated heterocycles. The van der Waals surface area contributed by atoms with E-state index in [1.54, 1.807) is 0 Å². The van der Waals surface area contributed by atoms with Crippen molar-refractivity contribution in [1.82, 2.24) is 5.32 Å². The highest BCUT2D eigenvalue weighted by Gasteiger charge is 2.58. The van der Waals surface area contributed by atoms with E-state index in [0.29, 0.717) is 6.42 Å². The molecule has 3 aliphatic rings. The number of nitrogens with one attached hydrogen (secondary N) is 2. The number of carbonyl (C=O) groups is 2. The Morgan fingerprint density at radius 3 is 2.47 bits per heavy atom. The van der Waals surface area contributed by atoms with Crippen LogP contribution >= 0.6 is 11.6 Å². The molecule has 11 heteroatoms. The molecule has 3 saturated carbocycles. The van der Waals surface area contributed by atoms with Gasteiger partial charge < -0.3 is 15.7 Å². The number of hydrogen-bond donors (Lipinski definition) is 3. The molecule has 0 aliphatic heterocycles. The van der Waals surface area contributed by atoms with E-state index in [4.69, 9.17) is 11.6 Å². The van der Waals surface area contributed by atoms with Gasteiger partial charge in [0, 0.05) is 29.8 Å². The lowest BCUT2D eigenvalue weighted by Crippen LogP contribution is -2.55. The average molecular weight is 567 g/mol. The molecule has 2 aromatic rings. The number of carbonyl (C=O) groups excluding carboxylic acids is 2. The van der Waals surface area contributed by atoms with Gasteiger partial charge in [-0.2, -0.15) is 0 Å². The van der Waals surface area contributed by atoms with Crippen molar-refractivity contribution in [2.45, 2.75) is 54.8 Å². The van der Waals surface area contributed by atoms with Crippen molar-refractivity contribution in [3.8, 4) is 0 Å². The molecule has 3 aliphatic carbocycles. The quantitative estimate of drug-likeness (QED) is 0.462. The van der Waals surface area contributed by atoms with Crippen LogP contribution in [0.2, 0.25) is 5.02 Å². The Kier molecular flexibility index (Phi) is 7.02. The number of halogens is 3. The van der Waals surface area contributed by atoms with Gasteiger partial charge in [-0.15, -0.1) is 0 Å². The molecule has 2 bridgehead atoms. The molecule has 3 fully saturated rings. The Morgan fingerprint density at radius 1 is 1.08 bits per heavy atom. The molecule has 5 rings (SSSR count). The zero-order valence-electron chi connectivity index (χ0n) is 20.7. The van der Waals surface area contributed by atoms with Gasteiger partial charge in [-0.25, -0.2) is 17.2 Å². The maximum Gasteiger partial charge on any atom is 0.255 e. The SMILES string of the molecule is C[C@H]1CC2CC(S(=O)(=O)c3cc(C(=O)Nc4ccc(F)c(F)c4)ccc3Cl)CC1[C@@]2(O)CNC(=O)C1CC1. The maximum atomic E-state index is 13.8. The monoisotopic (exact) mass is 566 g/mol. The lowest BCUT2D eigenvalue weighted by molar-refractivity contribution is -0.125. The number of benzene rings is 2. The molecule has 2 aromatic carbocycles. The highest BCUT2D eigenvalue weighted by molar-refractivity contribution is 7.92. The predicted octanol–water partition coefficient (Wildman–Crippen LogP) is 4.34. The minimum atomic E-state index is -3.99. The second-order valence-corrected chi connectivity index (χ2v) is 13.5. The summed E-state index contributed by atoms with van der Waals surface area (Å²) in [5.74, 6) is -3.50. The van der Waals surface area contributed by atoms with E-state index in [2.05, 4.69) is 10.6 Å². The molecule has 5 atom stereocenters. The van der Waals surface area contributed by atoms with Crippen molar-refractivity contribution in [3.05, 3.63) is 58.6 Å². The minimum Gasteiger partial charge on any atom is -0.387 e. The Hall–Kier alpha value is -2.56. The molecule has 0 aromatic heterocycles. The fourth-order valence-corrected chi connectivity index (χ4v) is 8.49. The number of anilines is 1. The summed E-state index contributed by atoms with van der Waals surface area (Å²) in [7, 11) is -3.99. The molecule has 2 amide bonds. The van der Waals surface area contributed by atoms with E-state index in [1.807, 2.05) is 6.92 Å². The first-order valence-electron chi connectivity index (χ1n) is 12.7. The highest BCUT2D eigenvalue weighted by atomic mass is 35.5.